The van der Waals surface area contributed by atoms with Crippen LogP contribution < -0.4 is 10.6 Å². The zero-order chi connectivity index (χ0) is 27.8. The van der Waals surface area contributed by atoms with Gasteiger partial charge in [0.1, 0.15) is 17.7 Å². The molecular weight excluding hydrogens is 486 g/mol. The largest absolute Gasteiger partial charge is 0.444 e. The molecule has 3 amide bonds. The Morgan fingerprint density at radius 3 is 2.35 bits per heavy atom. The van der Waals surface area contributed by atoms with Gasteiger partial charge in [-0.15, -0.1) is 0 Å². The predicted molar refractivity (Wildman–Crippen MR) is 152 cm³/mol. The molecule has 0 saturated heterocycles. The predicted octanol–water partition coefficient (Wildman–Crippen LogP) is 5.68. The van der Waals surface area contributed by atoms with E-state index in [-0.39, 0.29) is 23.9 Å². The first-order valence-corrected chi connectivity index (χ1v) is 15.0. The summed E-state index contributed by atoms with van der Waals surface area (Å²) in [6.45, 7) is 13.5. The molecule has 1 saturated carbocycles. The fourth-order valence-corrected chi connectivity index (χ4v) is 5.09. The molecule has 7 nitrogen and oxygen atoms in total. The highest BCUT2D eigenvalue weighted by Crippen LogP contribution is 2.35. The maximum atomic E-state index is 14.3. The van der Waals surface area contributed by atoms with Crippen molar-refractivity contribution in [3.05, 3.63) is 34.9 Å². The Labute approximate surface area is 227 Å². The quantitative estimate of drug-likeness (QED) is 0.361. The highest BCUT2D eigenvalue weighted by molar-refractivity contribution is 7.98. The highest BCUT2D eigenvalue weighted by atomic mass is 32.2. The standard InChI is InChI=1S/C29H47N3O4S/c1-9-12-20(3)30-26(33)25(23-16-10-13-19(2)21(23)4)32(22-14-11-15-22)27(34)24(17-18-37-8)31-28(35)36-29(5,6)7/h10,13,16,20,22,24-25H,9,11-12,14-15,17-18H2,1-8H3,(H,30,33)(H,31,35). The van der Waals surface area contributed by atoms with Gasteiger partial charge in [0.05, 0.1) is 0 Å². The number of ether oxygens (including phenoxy) is 1. The number of rotatable bonds is 12. The van der Waals surface area contributed by atoms with Crippen LogP contribution in [0.25, 0.3) is 0 Å². The number of nitrogens with zero attached hydrogens (tertiary/aromatic N) is 1. The molecule has 0 aromatic heterocycles. The van der Waals surface area contributed by atoms with Crippen LogP contribution in [0.15, 0.2) is 18.2 Å². The first-order valence-electron chi connectivity index (χ1n) is 13.6. The normalized spacial score (nSPS) is 16.2. The lowest BCUT2D eigenvalue weighted by molar-refractivity contribution is -0.147. The van der Waals surface area contributed by atoms with Crippen LogP contribution in [0.5, 0.6) is 0 Å². The van der Waals surface area contributed by atoms with Crippen molar-refractivity contribution in [1.29, 1.82) is 0 Å². The average molecular weight is 534 g/mol. The van der Waals surface area contributed by atoms with Gasteiger partial charge in [-0.25, -0.2) is 4.79 Å². The smallest absolute Gasteiger partial charge is 0.408 e. The third kappa shape index (κ3) is 8.94. The number of alkyl carbamates (subject to hydrolysis) is 1. The molecule has 1 fully saturated rings. The Bertz CT molecular complexity index is 926. The molecule has 208 valence electrons. The van der Waals surface area contributed by atoms with Gasteiger partial charge in [0.25, 0.3) is 0 Å². The topological polar surface area (TPSA) is 87.7 Å². The zero-order valence-corrected chi connectivity index (χ0v) is 24.8. The molecule has 2 N–H and O–H groups in total. The summed E-state index contributed by atoms with van der Waals surface area (Å²) < 4.78 is 5.48. The number of hydrogen-bond donors (Lipinski definition) is 2. The SMILES string of the molecule is CCCC(C)NC(=O)C(c1cccc(C)c1C)N(C(=O)C(CCSC)NC(=O)OC(C)(C)C)C1CCC1. The lowest BCUT2D eigenvalue weighted by Gasteiger charge is -2.44. The molecule has 3 unspecified atom stereocenters. The molecule has 1 aromatic carbocycles. The lowest BCUT2D eigenvalue weighted by atomic mass is 9.86. The Morgan fingerprint density at radius 1 is 1.14 bits per heavy atom. The Hall–Kier alpha value is -2.22. The minimum atomic E-state index is -0.781. The Morgan fingerprint density at radius 2 is 1.81 bits per heavy atom. The molecule has 0 spiro atoms. The zero-order valence-electron chi connectivity index (χ0n) is 24.0. The minimum absolute atomic E-state index is 0.00404. The van der Waals surface area contributed by atoms with Crippen molar-refractivity contribution < 1.29 is 19.1 Å². The Kier molecular flexibility index (Phi) is 11.8. The van der Waals surface area contributed by atoms with Crippen molar-refractivity contribution in [2.24, 2.45) is 0 Å². The monoisotopic (exact) mass is 533 g/mol. The minimum Gasteiger partial charge on any atom is -0.444 e. The van der Waals surface area contributed by atoms with Gasteiger partial charge in [0.15, 0.2) is 0 Å². The second kappa shape index (κ2) is 14.1. The van der Waals surface area contributed by atoms with Crippen LogP contribution in [0, 0.1) is 13.8 Å². The highest BCUT2D eigenvalue weighted by Gasteiger charge is 2.42. The molecule has 0 aliphatic heterocycles. The number of nitrogens with one attached hydrogen (secondary N) is 2. The summed E-state index contributed by atoms with van der Waals surface area (Å²) in [4.78, 5) is 42.7. The number of amides is 3. The molecule has 0 bridgehead atoms. The molecule has 1 aliphatic rings. The van der Waals surface area contributed by atoms with E-state index in [0.717, 1.165) is 48.8 Å². The summed E-state index contributed by atoms with van der Waals surface area (Å²) in [7, 11) is 0. The van der Waals surface area contributed by atoms with E-state index in [2.05, 4.69) is 17.6 Å². The maximum absolute atomic E-state index is 14.3. The van der Waals surface area contributed by atoms with Crippen molar-refractivity contribution in [2.75, 3.05) is 12.0 Å². The first kappa shape index (κ1) is 31.0. The van der Waals surface area contributed by atoms with E-state index in [9.17, 15) is 14.4 Å². The number of benzene rings is 1. The van der Waals surface area contributed by atoms with E-state index in [1.807, 2.05) is 45.2 Å². The van der Waals surface area contributed by atoms with Crippen LogP contribution in [0.1, 0.15) is 95.9 Å². The molecule has 0 heterocycles. The molecule has 8 heteroatoms. The van der Waals surface area contributed by atoms with Crippen molar-refractivity contribution in [3.63, 3.8) is 0 Å². The van der Waals surface area contributed by atoms with Gasteiger partial charge in [0, 0.05) is 12.1 Å². The molecule has 37 heavy (non-hydrogen) atoms. The van der Waals surface area contributed by atoms with Crippen molar-refractivity contribution in [1.82, 2.24) is 15.5 Å². The van der Waals surface area contributed by atoms with E-state index in [1.54, 1.807) is 37.4 Å². The van der Waals surface area contributed by atoms with E-state index in [1.165, 1.54) is 0 Å². The van der Waals surface area contributed by atoms with Gasteiger partial charge in [-0.2, -0.15) is 11.8 Å². The molecule has 0 radical (unpaired) electrons. The van der Waals surface area contributed by atoms with Gasteiger partial charge >= 0.3 is 6.09 Å². The lowest BCUT2D eigenvalue weighted by Crippen LogP contribution is -2.58. The van der Waals surface area contributed by atoms with E-state index in [0.29, 0.717) is 12.2 Å². The summed E-state index contributed by atoms with van der Waals surface area (Å²) in [6, 6.07) is 4.31. The van der Waals surface area contributed by atoms with Crippen LogP contribution in [-0.4, -0.2) is 58.5 Å². The number of carbonyl (C=O) groups is 3. The Balaban J connectivity index is 2.52. The third-order valence-corrected chi connectivity index (χ3v) is 7.54. The molecule has 2 rings (SSSR count). The summed E-state index contributed by atoms with van der Waals surface area (Å²) in [5, 5.41) is 6.00. The number of thioether (sulfide) groups is 1. The third-order valence-electron chi connectivity index (χ3n) is 6.90. The van der Waals surface area contributed by atoms with Gasteiger partial charge in [-0.1, -0.05) is 31.5 Å². The van der Waals surface area contributed by atoms with E-state index in [4.69, 9.17) is 4.74 Å². The van der Waals surface area contributed by atoms with Gasteiger partial charge < -0.3 is 20.3 Å². The van der Waals surface area contributed by atoms with Crippen LogP contribution in [0.3, 0.4) is 0 Å². The van der Waals surface area contributed by atoms with Gasteiger partial charge in [0.2, 0.25) is 11.8 Å². The second-order valence-electron chi connectivity index (χ2n) is 11.2. The van der Waals surface area contributed by atoms with Crippen LogP contribution in [0.2, 0.25) is 0 Å². The van der Waals surface area contributed by atoms with Crippen LogP contribution in [0.4, 0.5) is 4.79 Å². The number of carbonyl (C=O) groups excluding carboxylic acids is 3. The van der Waals surface area contributed by atoms with Gasteiger partial charge in [-0.3, -0.25) is 9.59 Å². The maximum Gasteiger partial charge on any atom is 0.408 e. The molecule has 3 atom stereocenters. The molecule has 1 aromatic rings. The molecular formula is C29H47N3O4S. The molecule has 1 aliphatic carbocycles. The fourth-order valence-electron chi connectivity index (χ4n) is 4.62. The van der Waals surface area contributed by atoms with Gasteiger partial charge in [-0.05, 0) is 102 Å². The summed E-state index contributed by atoms with van der Waals surface area (Å²) in [5.74, 6) is 0.295. The second-order valence-corrected chi connectivity index (χ2v) is 12.2. The first-order chi connectivity index (χ1) is 17.4. The van der Waals surface area contributed by atoms with Crippen molar-refractivity contribution >= 4 is 29.7 Å². The van der Waals surface area contributed by atoms with E-state index < -0.39 is 23.8 Å². The summed E-state index contributed by atoms with van der Waals surface area (Å²) >= 11 is 1.61. The fraction of sp³-hybridized carbons (Fsp3) is 0.690. The van der Waals surface area contributed by atoms with Crippen LogP contribution >= 0.6 is 11.8 Å². The summed E-state index contributed by atoms with van der Waals surface area (Å²) in [5.41, 5.74) is 2.23. The van der Waals surface area contributed by atoms with Crippen molar-refractivity contribution in [2.45, 2.75) is 117 Å². The van der Waals surface area contributed by atoms with Crippen molar-refractivity contribution in [3.8, 4) is 0 Å². The van der Waals surface area contributed by atoms with Crippen LogP contribution in [-0.2, 0) is 14.3 Å². The van der Waals surface area contributed by atoms with E-state index >= 15 is 0 Å². The number of hydrogen-bond acceptors (Lipinski definition) is 5. The number of aryl methyl sites for hydroxylation is 1. The summed E-state index contributed by atoms with van der Waals surface area (Å²) in [6.07, 6.45) is 6.31. The average Bonchev–Trinajstić information content (AvgIpc) is 2.76.